The van der Waals surface area contributed by atoms with Crippen molar-refractivity contribution in [2.24, 2.45) is 0 Å². The third-order valence-electron chi connectivity index (χ3n) is 6.28. The maximum atomic E-state index is 14.3. The number of methoxy groups -OCH3 is 1. The number of rotatable bonds is 11. The molecule has 7 heteroatoms. The standard InChI is InChI=1S/C27H35FN2O4/c1-20(27(32)29-22-10-4-3-5-11-22)30(19-21-9-6-7-12-25(21)28)26(31)13-8-18-34-24-16-14-23(33-2)15-17-24/h6-7,9,12,14-17,20,22H,3-5,8,10-11,13,18-19H2,1-2H3,(H,29,32)/t20-/m1/s1. The van der Waals surface area contributed by atoms with E-state index in [1.165, 1.54) is 17.4 Å². The number of nitrogens with one attached hydrogen (secondary N) is 1. The number of carbonyl (C=O) groups excluding carboxylic acids is 2. The highest BCUT2D eigenvalue weighted by molar-refractivity contribution is 5.87. The summed E-state index contributed by atoms with van der Waals surface area (Å²) in [7, 11) is 1.60. The van der Waals surface area contributed by atoms with E-state index in [0.29, 0.717) is 24.3 Å². The van der Waals surface area contributed by atoms with Crippen molar-refractivity contribution >= 4 is 11.8 Å². The Morgan fingerprint density at radius 3 is 2.41 bits per heavy atom. The van der Waals surface area contributed by atoms with Crippen LogP contribution in [0.25, 0.3) is 0 Å². The second-order valence-corrected chi connectivity index (χ2v) is 8.76. The van der Waals surface area contributed by atoms with Crippen molar-refractivity contribution in [1.29, 1.82) is 0 Å². The molecule has 1 N–H and O–H groups in total. The molecule has 0 spiro atoms. The van der Waals surface area contributed by atoms with Gasteiger partial charge in [-0.2, -0.15) is 0 Å². The molecule has 1 atom stereocenters. The number of ether oxygens (including phenoxy) is 2. The summed E-state index contributed by atoms with van der Waals surface area (Å²) in [4.78, 5) is 27.6. The highest BCUT2D eigenvalue weighted by Gasteiger charge is 2.28. The molecule has 0 unspecified atom stereocenters. The number of hydrogen-bond donors (Lipinski definition) is 1. The summed E-state index contributed by atoms with van der Waals surface area (Å²) >= 11 is 0. The minimum absolute atomic E-state index is 0.0457. The fourth-order valence-electron chi connectivity index (χ4n) is 4.19. The van der Waals surface area contributed by atoms with Crippen LogP contribution in [-0.2, 0) is 16.1 Å². The molecule has 184 valence electrons. The lowest BCUT2D eigenvalue weighted by molar-refractivity contribution is -0.141. The highest BCUT2D eigenvalue weighted by Crippen LogP contribution is 2.20. The summed E-state index contributed by atoms with van der Waals surface area (Å²) in [6.07, 6.45) is 6.00. The SMILES string of the molecule is COc1ccc(OCCCC(=O)N(Cc2ccccc2F)[C@H](C)C(=O)NC2CCCCC2)cc1. The maximum Gasteiger partial charge on any atom is 0.242 e. The normalized spacial score (nSPS) is 14.8. The van der Waals surface area contributed by atoms with Crippen LogP contribution in [-0.4, -0.2) is 42.5 Å². The van der Waals surface area contributed by atoms with Gasteiger partial charge in [-0.1, -0.05) is 37.5 Å². The van der Waals surface area contributed by atoms with Gasteiger partial charge in [-0.3, -0.25) is 9.59 Å². The molecule has 2 aromatic rings. The molecule has 0 bridgehead atoms. The smallest absolute Gasteiger partial charge is 0.242 e. The molecular formula is C27H35FN2O4. The first-order valence-corrected chi connectivity index (χ1v) is 12.1. The molecule has 2 aromatic carbocycles. The van der Waals surface area contributed by atoms with Gasteiger partial charge in [-0.15, -0.1) is 0 Å². The Labute approximate surface area is 201 Å². The number of hydrogen-bond acceptors (Lipinski definition) is 4. The van der Waals surface area contributed by atoms with E-state index in [4.69, 9.17) is 9.47 Å². The van der Waals surface area contributed by atoms with E-state index >= 15 is 0 Å². The quantitative estimate of drug-likeness (QED) is 0.476. The maximum absolute atomic E-state index is 14.3. The second-order valence-electron chi connectivity index (χ2n) is 8.76. The van der Waals surface area contributed by atoms with Gasteiger partial charge in [0, 0.05) is 24.6 Å². The number of nitrogens with zero attached hydrogens (tertiary/aromatic N) is 1. The van der Waals surface area contributed by atoms with Crippen LogP contribution >= 0.6 is 0 Å². The van der Waals surface area contributed by atoms with Gasteiger partial charge in [0.1, 0.15) is 23.4 Å². The molecule has 1 saturated carbocycles. The Kier molecular flexibility index (Phi) is 9.74. The van der Waals surface area contributed by atoms with Gasteiger partial charge in [-0.25, -0.2) is 4.39 Å². The van der Waals surface area contributed by atoms with Crippen molar-refractivity contribution in [1.82, 2.24) is 10.2 Å². The molecule has 0 aliphatic heterocycles. The predicted octanol–water partition coefficient (Wildman–Crippen LogP) is 4.86. The van der Waals surface area contributed by atoms with Crippen molar-refractivity contribution in [3.05, 3.63) is 59.9 Å². The van der Waals surface area contributed by atoms with Crippen LogP contribution < -0.4 is 14.8 Å². The lowest BCUT2D eigenvalue weighted by atomic mass is 9.95. The van der Waals surface area contributed by atoms with E-state index < -0.39 is 6.04 Å². The summed E-state index contributed by atoms with van der Waals surface area (Å²) in [5, 5.41) is 3.09. The van der Waals surface area contributed by atoms with Gasteiger partial charge >= 0.3 is 0 Å². The summed E-state index contributed by atoms with van der Waals surface area (Å²) in [6.45, 7) is 2.11. The van der Waals surface area contributed by atoms with E-state index in [0.717, 1.165) is 31.4 Å². The molecule has 2 amide bonds. The fraction of sp³-hybridized carbons (Fsp3) is 0.481. The minimum atomic E-state index is -0.698. The van der Waals surface area contributed by atoms with Crippen molar-refractivity contribution < 1.29 is 23.5 Å². The molecule has 3 rings (SSSR count). The van der Waals surface area contributed by atoms with E-state index in [9.17, 15) is 14.0 Å². The molecule has 1 aliphatic carbocycles. The van der Waals surface area contributed by atoms with Crippen LogP contribution in [0.1, 0.15) is 57.4 Å². The van der Waals surface area contributed by atoms with Crippen molar-refractivity contribution in [2.45, 2.75) is 70.5 Å². The van der Waals surface area contributed by atoms with Crippen molar-refractivity contribution in [3.8, 4) is 11.5 Å². The minimum Gasteiger partial charge on any atom is -0.497 e. The molecule has 6 nitrogen and oxygen atoms in total. The highest BCUT2D eigenvalue weighted by atomic mass is 19.1. The first-order chi connectivity index (χ1) is 16.5. The second kappa shape index (κ2) is 13.0. The molecule has 0 heterocycles. The predicted molar refractivity (Wildman–Crippen MR) is 129 cm³/mol. The lowest BCUT2D eigenvalue weighted by Crippen LogP contribution is -2.50. The number of benzene rings is 2. The fourth-order valence-corrected chi connectivity index (χ4v) is 4.19. The van der Waals surface area contributed by atoms with Crippen LogP contribution in [0.2, 0.25) is 0 Å². The monoisotopic (exact) mass is 470 g/mol. The van der Waals surface area contributed by atoms with Gasteiger partial charge in [0.15, 0.2) is 0 Å². The van der Waals surface area contributed by atoms with E-state index in [-0.39, 0.29) is 36.6 Å². The lowest BCUT2D eigenvalue weighted by Gasteiger charge is -2.31. The van der Waals surface area contributed by atoms with Crippen LogP contribution in [0.15, 0.2) is 48.5 Å². The molecule has 1 aliphatic rings. The average molecular weight is 471 g/mol. The Balaban J connectivity index is 1.59. The summed E-state index contributed by atoms with van der Waals surface area (Å²) in [6, 6.07) is 13.0. The molecule has 0 aromatic heterocycles. The van der Waals surface area contributed by atoms with Crippen LogP contribution in [0.5, 0.6) is 11.5 Å². The molecule has 34 heavy (non-hydrogen) atoms. The number of carbonyl (C=O) groups is 2. The van der Waals surface area contributed by atoms with E-state index in [2.05, 4.69) is 5.32 Å². The van der Waals surface area contributed by atoms with E-state index in [1.54, 1.807) is 32.2 Å². The van der Waals surface area contributed by atoms with Crippen LogP contribution in [0.3, 0.4) is 0 Å². The summed E-state index contributed by atoms with van der Waals surface area (Å²) in [5.74, 6) is 0.658. The molecular weight excluding hydrogens is 435 g/mol. The Morgan fingerprint density at radius 1 is 1.06 bits per heavy atom. The third kappa shape index (κ3) is 7.47. The van der Waals surface area contributed by atoms with E-state index in [1.807, 2.05) is 24.3 Å². The Morgan fingerprint density at radius 2 is 1.74 bits per heavy atom. The molecule has 0 radical (unpaired) electrons. The molecule has 1 fully saturated rings. The zero-order valence-electron chi connectivity index (χ0n) is 20.1. The zero-order valence-corrected chi connectivity index (χ0v) is 20.1. The third-order valence-corrected chi connectivity index (χ3v) is 6.28. The topological polar surface area (TPSA) is 67.9 Å². The first kappa shape index (κ1) is 25.5. The Bertz CT molecular complexity index is 928. The number of halogens is 1. The van der Waals surface area contributed by atoms with Gasteiger partial charge in [0.2, 0.25) is 11.8 Å². The van der Waals surface area contributed by atoms with Gasteiger partial charge < -0.3 is 19.7 Å². The van der Waals surface area contributed by atoms with Gasteiger partial charge in [-0.05, 0) is 56.5 Å². The Hall–Kier alpha value is -3.09. The number of amides is 2. The van der Waals surface area contributed by atoms with Crippen molar-refractivity contribution in [2.75, 3.05) is 13.7 Å². The first-order valence-electron chi connectivity index (χ1n) is 12.1. The van der Waals surface area contributed by atoms with Crippen molar-refractivity contribution in [3.63, 3.8) is 0 Å². The average Bonchev–Trinajstić information content (AvgIpc) is 2.86. The summed E-state index contributed by atoms with van der Waals surface area (Å²) in [5.41, 5.74) is 0.391. The molecule has 0 saturated heterocycles. The summed E-state index contributed by atoms with van der Waals surface area (Å²) < 4.78 is 25.2. The van der Waals surface area contributed by atoms with Crippen LogP contribution in [0.4, 0.5) is 4.39 Å². The zero-order chi connectivity index (χ0) is 24.3. The van der Waals surface area contributed by atoms with Crippen LogP contribution in [0, 0.1) is 5.82 Å². The van der Waals surface area contributed by atoms with Gasteiger partial charge in [0.25, 0.3) is 0 Å². The van der Waals surface area contributed by atoms with Gasteiger partial charge in [0.05, 0.1) is 13.7 Å². The largest absolute Gasteiger partial charge is 0.497 e.